The number of hydrogen-bond donors (Lipinski definition) is 3. The van der Waals surface area contributed by atoms with Crippen LogP contribution in [-0.4, -0.2) is 17.9 Å². The van der Waals surface area contributed by atoms with Gasteiger partial charge in [-0.2, -0.15) is 0 Å². The van der Waals surface area contributed by atoms with Crippen molar-refractivity contribution in [3.8, 4) is 0 Å². The van der Waals surface area contributed by atoms with Crippen LogP contribution in [0.3, 0.4) is 0 Å². The van der Waals surface area contributed by atoms with Crippen LogP contribution in [0.5, 0.6) is 0 Å². The summed E-state index contributed by atoms with van der Waals surface area (Å²) >= 11 is 0. The molecular formula is C11H16N4O. The maximum absolute atomic E-state index is 11.7. The highest BCUT2D eigenvalue weighted by Crippen LogP contribution is 2.05. The van der Waals surface area contributed by atoms with Gasteiger partial charge in [0.25, 0.3) is 5.91 Å². The molecule has 1 aromatic heterocycles. The SMILES string of the molecule is CN/C(C)=C(/N)C(=O)Nc1cccc(C)n1. The van der Waals surface area contributed by atoms with E-state index in [2.05, 4.69) is 15.6 Å². The summed E-state index contributed by atoms with van der Waals surface area (Å²) in [6.45, 7) is 3.59. The Hall–Kier alpha value is -2.04. The standard InChI is InChI=1S/C11H16N4O/c1-7-5-4-6-9(14-7)15-11(16)10(12)8(2)13-3/h4-6,13H,12H2,1-3H3,(H,14,15,16)/b10-8+. The Morgan fingerprint density at radius 2 is 2.12 bits per heavy atom. The number of hydrogen-bond acceptors (Lipinski definition) is 4. The summed E-state index contributed by atoms with van der Waals surface area (Å²) in [6.07, 6.45) is 0. The van der Waals surface area contributed by atoms with Crippen molar-refractivity contribution >= 4 is 11.7 Å². The lowest BCUT2D eigenvalue weighted by Gasteiger charge is -2.08. The molecule has 0 spiro atoms. The summed E-state index contributed by atoms with van der Waals surface area (Å²) in [5, 5.41) is 5.44. The first-order valence-corrected chi connectivity index (χ1v) is 4.93. The molecule has 86 valence electrons. The van der Waals surface area contributed by atoms with Crippen LogP contribution in [0.1, 0.15) is 12.6 Å². The van der Waals surface area contributed by atoms with Gasteiger partial charge in [-0.3, -0.25) is 4.79 Å². The Labute approximate surface area is 94.8 Å². The highest BCUT2D eigenvalue weighted by molar-refractivity contribution is 6.02. The van der Waals surface area contributed by atoms with E-state index >= 15 is 0 Å². The molecule has 1 rings (SSSR count). The maximum atomic E-state index is 11.7. The third kappa shape index (κ3) is 2.98. The lowest BCUT2D eigenvalue weighted by atomic mass is 10.3. The number of aromatic nitrogens is 1. The molecule has 0 atom stereocenters. The molecule has 16 heavy (non-hydrogen) atoms. The number of nitrogens with two attached hydrogens (primary N) is 1. The van der Waals surface area contributed by atoms with Crippen molar-refractivity contribution in [2.75, 3.05) is 12.4 Å². The average molecular weight is 220 g/mol. The Kier molecular flexibility index (Phi) is 3.88. The molecule has 0 aliphatic rings. The molecule has 0 bridgehead atoms. The normalized spacial score (nSPS) is 11.7. The van der Waals surface area contributed by atoms with Crippen molar-refractivity contribution in [1.82, 2.24) is 10.3 Å². The van der Waals surface area contributed by atoms with Gasteiger partial charge < -0.3 is 16.4 Å². The first-order valence-electron chi connectivity index (χ1n) is 4.93. The van der Waals surface area contributed by atoms with E-state index in [1.165, 1.54) is 0 Å². The van der Waals surface area contributed by atoms with Crippen LogP contribution < -0.4 is 16.4 Å². The monoisotopic (exact) mass is 220 g/mol. The molecule has 1 aromatic rings. The fourth-order valence-corrected chi connectivity index (χ4v) is 1.10. The summed E-state index contributed by atoms with van der Waals surface area (Å²) in [6, 6.07) is 5.39. The molecule has 1 amide bonds. The molecule has 4 N–H and O–H groups in total. The zero-order valence-electron chi connectivity index (χ0n) is 9.66. The highest BCUT2D eigenvalue weighted by Gasteiger charge is 2.09. The first kappa shape index (κ1) is 12.0. The molecule has 0 unspecified atom stereocenters. The van der Waals surface area contributed by atoms with Gasteiger partial charge in [-0.15, -0.1) is 0 Å². The molecule has 0 radical (unpaired) electrons. The number of nitrogens with one attached hydrogen (secondary N) is 2. The summed E-state index contributed by atoms with van der Waals surface area (Å²) < 4.78 is 0. The summed E-state index contributed by atoms with van der Waals surface area (Å²) in [7, 11) is 1.71. The van der Waals surface area contributed by atoms with Crippen molar-refractivity contribution in [3.63, 3.8) is 0 Å². The van der Waals surface area contributed by atoms with Crippen molar-refractivity contribution in [3.05, 3.63) is 35.3 Å². The number of nitrogens with zero attached hydrogens (tertiary/aromatic N) is 1. The third-order valence-electron chi connectivity index (χ3n) is 2.15. The Morgan fingerprint density at radius 1 is 1.44 bits per heavy atom. The first-order chi connectivity index (χ1) is 7.54. The second kappa shape index (κ2) is 5.16. The predicted octanol–water partition coefficient (Wildman–Crippen LogP) is 0.738. The number of allylic oxidation sites excluding steroid dienone is 1. The molecule has 0 saturated carbocycles. The van der Waals surface area contributed by atoms with Crippen molar-refractivity contribution in [1.29, 1.82) is 0 Å². The Balaban J connectivity index is 2.80. The highest BCUT2D eigenvalue weighted by atomic mass is 16.2. The van der Waals surface area contributed by atoms with Crippen LogP contribution in [0.2, 0.25) is 0 Å². The van der Waals surface area contributed by atoms with Crippen LogP contribution >= 0.6 is 0 Å². The second-order valence-electron chi connectivity index (χ2n) is 3.41. The van der Waals surface area contributed by atoms with Gasteiger partial charge in [-0.1, -0.05) is 6.07 Å². The topological polar surface area (TPSA) is 80.0 Å². The molecule has 0 aromatic carbocycles. The van der Waals surface area contributed by atoms with Crippen molar-refractivity contribution in [2.45, 2.75) is 13.8 Å². The minimum atomic E-state index is -0.357. The zero-order valence-corrected chi connectivity index (χ0v) is 9.66. The predicted molar refractivity (Wildman–Crippen MR) is 63.6 cm³/mol. The van der Waals surface area contributed by atoms with Crippen molar-refractivity contribution in [2.24, 2.45) is 5.73 Å². The van der Waals surface area contributed by atoms with Gasteiger partial charge in [0.1, 0.15) is 11.5 Å². The molecule has 5 heteroatoms. The van der Waals surface area contributed by atoms with Gasteiger partial charge in [-0.25, -0.2) is 4.98 Å². The van der Waals surface area contributed by atoms with Crippen LogP contribution in [0.25, 0.3) is 0 Å². The molecule has 5 nitrogen and oxygen atoms in total. The average Bonchev–Trinajstić information content (AvgIpc) is 2.27. The van der Waals surface area contributed by atoms with Crippen molar-refractivity contribution < 1.29 is 4.79 Å². The van der Waals surface area contributed by atoms with Gasteiger partial charge in [0.05, 0.1) is 0 Å². The molecular weight excluding hydrogens is 204 g/mol. The zero-order chi connectivity index (χ0) is 12.1. The number of anilines is 1. The van der Waals surface area contributed by atoms with Gasteiger partial charge in [0, 0.05) is 18.4 Å². The molecule has 0 saturated heterocycles. The van der Waals surface area contributed by atoms with E-state index < -0.39 is 0 Å². The smallest absolute Gasteiger partial charge is 0.274 e. The summed E-state index contributed by atoms with van der Waals surface area (Å²) in [5.74, 6) is 0.141. The molecule has 1 heterocycles. The van der Waals surface area contributed by atoms with Gasteiger partial charge in [-0.05, 0) is 26.0 Å². The van der Waals surface area contributed by atoms with E-state index in [4.69, 9.17) is 5.73 Å². The van der Waals surface area contributed by atoms with E-state index in [9.17, 15) is 4.79 Å². The lowest BCUT2D eigenvalue weighted by molar-refractivity contribution is -0.113. The van der Waals surface area contributed by atoms with Gasteiger partial charge in [0.2, 0.25) is 0 Å². The second-order valence-corrected chi connectivity index (χ2v) is 3.41. The number of pyridine rings is 1. The largest absolute Gasteiger partial charge is 0.393 e. The summed E-state index contributed by atoms with van der Waals surface area (Å²) in [4.78, 5) is 15.8. The van der Waals surface area contributed by atoms with E-state index in [1.54, 1.807) is 20.0 Å². The minimum Gasteiger partial charge on any atom is -0.393 e. The number of carbonyl (C=O) groups excluding carboxylic acids is 1. The fourth-order valence-electron chi connectivity index (χ4n) is 1.10. The molecule has 0 aliphatic heterocycles. The number of aryl methyl sites for hydroxylation is 1. The third-order valence-corrected chi connectivity index (χ3v) is 2.15. The van der Waals surface area contributed by atoms with E-state index in [0.717, 1.165) is 5.69 Å². The Morgan fingerprint density at radius 3 is 2.69 bits per heavy atom. The molecule has 0 fully saturated rings. The number of rotatable bonds is 3. The lowest BCUT2D eigenvalue weighted by Crippen LogP contribution is -2.25. The van der Waals surface area contributed by atoms with E-state index in [-0.39, 0.29) is 11.6 Å². The number of carbonyl (C=O) groups is 1. The van der Waals surface area contributed by atoms with E-state index in [1.807, 2.05) is 19.1 Å². The van der Waals surface area contributed by atoms with Crippen LogP contribution in [0.15, 0.2) is 29.6 Å². The van der Waals surface area contributed by atoms with Gasteiger partial charge in [0.15, 0.2) is 0 Å². The summed E-state index contributed by atoms with van der Waals surface area (Å²) in [5.41, 5.74) is 7.26. The van der Waals surface area contributed by atoms with E-state index in [0.29, 0.717) is 11.5 Å². The quantitative estimate of drug-likeness (QED) is 0.656. The molecule has 0 aliphatic carbocycles. The number of amides is 1. The van der Waals surface area contributed by atoms with Crippen LogP contribution in [0.4, 0.5) is 5.82 Å². The van der Waals surface area contributed by atoms with Crippen LogP contribution in [-0.2, 0) is 4.79 Å². The fraction of sp³-hybridized carbons (Fsp3) is 0.273. The maximum Gasteiger partial charge on any atom is 0.274 e. The minimum absolute atomic E-state index is 0.158. The Bertz CT molecular complexity index is 426. The van der Waals surface area contributed by atoms with Gasteiger partial charge >= 0.3 is 0 Å². The van der Waals surface area contributed by atoms with Crippen LogP contribution in [0, 0.1) is 6.92 Å².